The molecule has 4 saturated heterocycles. The Labute approximate surface area is 237 Å². The normalized spacial score (nSPS) is 31.6. The Kier molecular flexibility index (Phi) is 6.84. The fourth-order valence-electron chi connectivity index (χ4n) is 8.01. The van der Waals surface area contributed by atoms with Crippen LogP contribution in [0.5, 0.6) is 0 Å². The van der Waals surface area contributed by atoms with Gasteiger partial charge in [0, 0.05) is 17.0 Å². The van der Waals surface area contributed by atoms with Gasteiger partial charge in [-0.05, 0) is 113 Å². The van der Waals surface area contributed by atoms with Crippen LogP contribution in [0.15, 0.2) is 54.1 Å². The third-order valence-corrected chi connectivity index (χ3v) is 10.3. The van der Waals surface area contributed by atoms with Crippen molar-refractivity contribution in [2.45, 2.75) is 70.4 Å². The number of likely N-dealkylation sites (tertiary alicyclic amines) is 1. The van der Waals surface area contributed by atoms with Gasteiger partial charge in [-0.2, -0.15) is 0 Å². The van der Waals surface area contributed by atoms with Crippen LogP contribution in [0.1, 0.15) is 54.9 Å². The first kappa shape index (κ1) is 26.4. The summed E-state index contributed by atoms with van der Waals surface area (Å²) in [6.45, 7) is 8.11. The van der Waals surface area contributed by atoms with Crippen molar-refractivity contribution in [3.05, 3.63) is 65.2 Å². The molecule has 0 saturated carbocycles. The molecule has 0 aromatic heterocycles. The highest BCUT2D eigenvalue weighted by molar-refractivity contribution is 6.00. The molecule has 4 heterocycles. The van der Waals surface area contributed by atoms with Gasteiger partial charge in [0.15, 0.2) is 5.78 Å². The predicted octanol–water partition coefficient (Wildman–Crippen LogP) is 4.67. The number of piperidine rings is 1. The van der Waals surface area contributed by atoms with Crippen molar-refractivity contribution in [3.8, 4) is 11.1 Å². The second-order valence-electron chi connectivity index (χ2n) is 12.6. The average molecular weight is 543 g/mol. The summed E-state index contributed by atoms with van der Waals surface area (Å²) in [7, 11) is 2.23. The summed E-state index contributed by atoms with van der Waals surface area (Å²) in [5, 5.41) is 8.92. The van der Waals surface area contributed by atoms with E-state index in [4.69, 9.17) is 9.57 Å². The van der Waals surface area contributed by atoms with Crippen LogP contribution in [0.3, 0.4) is 0 Å². The van der Waals surface area contributed by atoms with Gasteiger partial charge in [-0.1, -0.05) is 36.4 Å². The molecule has 7 heteroatoms. The largest absolute Gasteiger partial charge is 0.362 e. The fourth-order valence-corrected chi connectivity index (χ4v) is 8.01. The number of anilines is 1. The minimum Gasteiger partial charge on any atom is -0.362 e. The number of fused-ring (bicyclic) bond motifs is 4. The van der Waals surface area contributed by atoms with Crippen molar-refractivity contribution in [1.29, 1.82) is 0 Å². The molecule has 2 aromatic rings. The molecule has 1 aliphatic carbocycles. The zero-order valence-electron chi connectivity index (χ0n) is 24.0. The smallest absolute Gasteiger partial charge is 0.191 e. The number of ketones is 1. The summed E-state index contributed by atoms with van der Waals surface area (Å²) in [5.74, 6) is 0.731. The topological polar surface area (TPSA) is 66.1 Å². The molecule has 0 amide bonds. The highest BCUT2D eigenvalue weighted by Gasteiger charge is 2.56. The van der Waals surface area contributed by atoms with Gasteiger partial charge >= 0.3 is 0 Å². The minimum absolute atomic E-state index is 0.0190. The molecule has 7 nitrogen and oxygen atoms in total. The van der Waals surface area contributed by atoms with E-state index in [0.717, 1.165) is 67.7 Å². The predicted molar refractivity (Wildman–Crippen MR) is 157 cm³/mol. The molecular weight excluding hydrogens is 500 g/mol. The number of hydrogen-bond donors (Lipinski definition) is 2. The van der Waals surface area contributed by atoms with E-state index in [0.29, 0.717) is 18.6 Å². The number of carbonyl (C=O) groups excluding carboxylic acids is 1. The number of carbonyl (C=O) groups is 1. The zero-order chi connectivity index (χ0) is 27.4. The van der Waals surface area contributed by atoms with E-state index >= 15 is 0 Å². The van der Waals surface area contributed by atoms with E-state index in [-0.39, 0.29) is 29.6 Å². The highest BCUT2D eigenvalue weighted by atomic mass is 16.7. The van der Waals surface area contributed by atoms with Crippen LogP contribution in [0.4, 0.5) is 5.69 Å². The maximum absolute atomic E-state index is 13.8. The maximum Gasteiger partial charge on any atom is 0.191 e. The molecule has 4 fully saturated rings. The number of nitrogens with one attached hydrogen (secondary N) is 2. The molecule has 5 atom stereocenters. The van der Waals surface area contributed by atoms with Crippen molar-refractivity contribution in [3.63, 3.8) is 0 Å². The van der Waals surface area contributed by atoms with Gasteiger partial charge in [-0.3, -0.25) is 14.9 Å². The molecule has 4 aliphatic heterocycles. The van der Waals surface area contributed by atoms with Crippen LogP contribution in [-0.2, 0) is 9.57 Å². The molecular formula is C33H42N4O3. The first-order valence-corrected chi connectivity index (χ1v) is 15.1. The molecule has 5 aliphatic rings. The SMILES string of the molecule is Cc1cc(N2CNC(C)O2)ccc1-c1ccc(C(=O)C2CCC3=CC4NCCC4C4(CCN(C)CC4)C3O2)cc1. The van der Waals surface area contributed by atoms with Gasteiger partial charge in [-0.25, -0.2) is 5.06 Å². The van der Waals surface area contributed by atoms with Gasteiger partial charge in [0.25, 0.3) is 0 Å². The highest BCUT2D eigenvalue weighted by Crippen LogP contribution is 2.55. The van der Waals surface area contributed by atoms with Crippen LogP contribution in [0, 0.1) is 18.3 Å². The first-order valence-electron chi connectivity index (χ1n) is 15.1. The lowest BCUT2D eigenvalue weighted by Crippen LogP contribution is -2.58. The maximum atomic E-state index is 13.8. The third-order valence-electron chi connectivity index (χ3n) is 10.3. The van der Waals surface area contributed by atoms with Gasteiger partial charge in [-0.15, -0.1) is 0 Å². The summed E-state index contributed by atoms with van der Waals surface area (Å²) in [6, 6.07) is 15.0. The number of aryl methyl sites for hydroxylation is 1. The summed E-state index contributed by atoms with van der Waals surface area (Å²) in [6.07, 6.45) is 7.43. The van der Waals surface area contributed by atoms with Crippen molar-refractivity contribution >= 4 is 11.5 Å². The van der Waals surface area contributed by atoms with Gasteiger partial charge in [0.05, 0.1) is 18.5 Å². The van der Waals surface area contributed by atoms with Gasteiger partial charge < -0.3 is 15.0 Å². The Balaban J connectivity index is 1.08. The fraction of sp³-hybridized carbons (Fsp3) is 0.545. The summed E-state index contributed by atoms with van der Waals surface area (Å²) >= 11 is 0. The number of hydroxylamine groups is 1. The lowest BCUT2D eigenvalue weighted by atomic mass is 9.57. The monoisotopic (exact) mass is 542 g/mol. The molecule has 5 unspecified atom stereocenters. The Bertz CT molecular complexity index is 1300. The zero-order valence-corrected chi connectivity index (χ0v) is 24.0. The van der Waals surface area contributed by atoms with Crippen LogP contribution in [0.25, 0.3) is 11.1 Å². The second-order valence-corrected chi connectivity index (χ2v) is 12.6. The Hall–Kier alpha value is -2.55. The second kappa shape index (κ2) is 10.4. The molecule has 40 heavy (non-hydrogen) atoms. The Morgan fingerprint density at radius 1 is 1.05 bits per heavy atom. The Morgan fingerprint density at radius 3 is 2.58 bits per heavy atom. The molecule has 1 spiro atoms. The standard InChI is InChI=1S/C33H42N4O3/c1-21-18-26(37-20-35-22(2)40-37)9-10-27(21)23-4-6-24(7-5-23)31(38)30-11-8-25-19-29-28(12-15-34-29)33(32(25)39-30)13-16-36(3)17-14-33/h4-7,9-10,18-19,22,28-30,32,34-35H,8,11-17,20H2,1-3H3. The summed E-state index contributed by atoms with van der Waals surface area (Å²) in [4.78, 5) is 22.0. The van der Waals surface area contributed by atoms with Crippen molar-refractivity contribution in [2.24, 2.45) is 11.3 Å². The van der Waals surface area contributed by atoms with E-state index < -0.39 is 0 Å². The van der Waals surface area contributed by atoms with Crippen molar-refractivity contribution in [1.82, 2.24) is 15.5 Å². The van der Waals surface area contributed by atoms with Gasteiger partial charge in [0.1, 0.15) is 12.3 Å². The van der Waals surface area contributed by atoms with Crippen LogP contribution in [-0.4, -0.2) is 68.5 Å². The van der Waals surface area contributed by atoms with Crippen LogP contribution in [0.2, 0.25) is 0 Å². The third kappa shape index (κ3) is 4.52. The van der Waals surface area contributed by atoms with Crippen molar-refractivity contribution in [2.75, 3.05) is 38.4 Å². The molecule has 2 aromatic carbocycles. The van der Waals surface area contributed by atoms with Crippen LogP contribution < -0.4 is 15.7 Å². The first-order chi connectivity index (χ1) is 19.4. The summed E-state index contributed by atoms with van der Waals surface area (Å²) < 4.78 is 6.86. The lowest BCUT2D eigenvalue weighted by Gasteiger charge is -2.55. The molecule has 0 bridgehead atoms. The minimum atomic E-state index is -0.368. The number of benzene rings is 2. The molecule has 212 valence electrons. The van der Waals surface area contributed by atoms with E-state index in [2.05, 4.69) is 65.9 Å². The number of rotatable bonds is 4. The van der Waals surface area contributed by atoms with E-state index in [9.17, 15) is 4.79 Å². The van der Waals surface area contributed by atoms with Gasteiger partial charge in [0.2, 0.25) is 0 Å². The quantitative estimate of drug-likeness (QED) is 0.430. The van der Waals surface area contributed by atoms with E-state index in [1.165, 1.54) is 17.6 Å². The number of Topliss-reactive ketones (excluding diaryl/α,β-unsaturated/α-hetero) is 1. The summed E-state index contributed by atoms with van der Waals surface area (Å²) in [5.41, 5.74) is 6.82. The van der Waals surface area contributed by atoms with E-state index in [1.54, 1.807) is 0 Å². The molecule has 7 rings (SSSR count). The van der Waals surface area contributed by atoms with E-state index in [1.807, 2.05) is 24.1 Å². The van der Waals surface area contributed by atoms with Crippen LogP contribution >= 0.6 is 0 Å². The van der Waals surface area contributed by atoms with Crippen molar-refractivity contribution < 1.29 is 14.4 Å². The number of ether oxygens (including phenoxy) is 1. The molecule has 2 N–H and O–H groups in total. The Morgan fingerprint density at radius 2 is 1.85 bits per heavy atom. The lowest BCUT2D eigenvalue weighted by molar-refractivity contribution is -0.120. The average Bonchev–Trinajstić information content (AvgIpc) is 3.63. The molecule has 0 radical (unpaired) electrons. The number of hydrogen-bond acceptors (Lipinski definition) is 7. The number of nitrogens with zero attached hydrogens (tertiary/aromatic N) is 2.